The van der Waals surface area contributed by atoms with E-state index in [1.807, 2.05) is 24.3 Å². The molecule has 1 aromatic heterocycles. The van der Waals surface area contributed by atoms with E-state index in [9.17, 15) is 0 Å². The first-order chi connectivity index (χ1) is 6.40. The quantitative estimate of drug-likeness (QED) is 0.564. The van der Waals surface area contributed by atoms with Crippen LogP contribution >= 0.6 is 11.3 Å². The molecular weight excluding hydrogens is 180 g/mol. The number of anilines is 1. The predicted molar refractivity (Wildman–Crippen MR) is 57.6 cm³/mol. The Bertz CT molecular complexity index is 381. The van der Waals surface area contributed by atoms with Gasteiger partial charge in [-0.1, -0.05) is 30.3 Å². The minimum absolute atomic E-state index is 0.985. The Morgan fingerprint density at radius 3 is 2.46 bits per heavy atom. The van der Waals surface area contributed by atoms with E-state index in [1.54, 1.807) is 11.3 Å². The lowest BCUT2D eigenvalue weighted by Gasteiger charge is -1.94. The summed E-state index contributed by atoms with van der Waals surface area (Å²) < 4.78 is 0. The molecule has 0 bridgehead atoms. The Morgan fingerprint density at radius 2 is 1.85 bits per heavy atom. The van der Waals surface area contributed by atoms with Crippen LogP contribution in [-0.2, 0) is 0 Å². The van der Waals surface area contributed by atoms with E-state index in [0.717, 1.165) is 5.00 Å². The van der Waals surface area contributed by atoms with Crippen LogP contribution in [0.2, 0.25) is 0 Å². The van der Waals surface area contributed by atoms with Crippen LogP contribution in [-0.4, -0.2) is 0 Å². The Hall–Kier alpha value is -1.32. The van der Waals surface area contributed by atoms with Crippen LogP contribution in [0.5, 0.6) is 0 Å². The van der Waals surface area contributed by atoms with Gasteiger partial charge in [0.05, 0.1) is 0 Å². The number of nitrogens with one attached hydrogen (secondary N) is 1. The van der Waals surface area contributed by atoms with Crippen LogP contribution in [0.4, 0.5) is 5.00 Å². The molecule has 66 valence electrons. The molecule has 13 heavy (non-hydrogen) atoms. The van der Waals surface area contributed by atoms with Gasteiger partial charge in [-0.05, 0) is 17.2 Å². The predicted octanol–water partition coefficient (Wildman–Crippen LogP) is 2.70. The topological polar surface area (TPSA) is 38.0 Å². The molecule has 0 saturated heterocycles. The zero-order valence-corrected chi connectivity index (χ0v) is 7.84. The van der Waals surface area contributed by atoms with Gasteiger partial charge in [-0.2, -0.15) is 0 Å². The summed E-state index contributed by atoms with van der Waals surface area (Å²) in [5.74, 6) is 5.30. The van der Waals surface area contributed by atoms with Gasteiger partial charge in [0, 0.05) is 5.38 Å². The largest absolute Gasteiger partial charge is 0.315 e. The van der Waals surface area contributed by atoms with Crippen LogP contribution in [0.25, 0.3) is 11.1 Å². The monoisotopic (exact) mass is 190 g/mol. The molecule has 3 heteroatoms. The van der Waals surface area contributed by atoms with Gasteiger partial charge < -0.3 is 5.43 Å². The van der Waals surface area contributed by atoms with E-state index >= 15 is 0 Å². The third-order valence-electron chi connectivity index (χ3n) is 1.85. The van der Waals surface area contributed by atoms with Gasteiger partial charge >= 0.3 is 0 Å². The molecule has 0 saturated carbocycles. The third kappa shape index (κ3) is 1.71. The average Bonchev–Trinajstić information content (AvgIpc) is 2.67. The zero-order chi connectivity index (χ0) is 9.10. The number of hydrazine groups is 1. The zero-order valence-electron chi connectivity index (χ0n) is 7.03. The first kappa shape index (κ1) is 8.29. The highest BCUT2D eigenvalue weighted by Gasteiger charge is 1.99. The van der Waals surface area contributed by atoms with Crippen molar-refractivity contribution in [2.24, 2.45) is 5.84 Å². The highest BCUT2D eigenvalue weighted by molar-refractivity contribution is 7.14. The van der Waals surface area contributed by atoms with Gasteiger partial charge in [0.15, 0.2) is 0 Å². The molecule has 0 amide bonds. The fraction of sp³-hybridized carbons (Fsp3) is 0. The molecule has 0 aliphatic carbocycles. The Morgan fingerprint density at radius 1 is 1.08 bits per heavy atom. The summed E-state index contributed by atoms with van der Waals surface area (Å²) in [6.45, 7) is 0. The van der Waals surface area contributed by atoms with Gasteiger partial charge in [0.25, 0.3) is 0 Å². The van der Waals surface area contributed by atoms with Gasteiger partial charge in [-0.25, -0.2) is 5.84 Å². The standard InChI is InChI=1S/C10H10N2S/c11-12-10-6-9(7-13-10)8-4-2-1-3-5-8/h1-7,12H,11H2. The van der Waals surface area contributed by atoms with E-state index in [1.165, 1.54) is 11.1 Å². The second-order valence-corrected chi connectivity index (χ2v) is 3.62. The van der Waals surface area contributed by atoms with Crippen molar-refractivity contribution in [3.05, 3.63) is 41.8 Å². The lowest BCUT2D eigenvalue weighted by molar-refractivity contribution is 1.39. The smallest absolute Gasteiger partial charge is 0.103 e. The second-order valence-electron chi connectivity index (χ2n) is 2.71. The van der Waals surface area contributed by atoms with E-state index in [0.29, 0.717) is 0 Å². The van der Waals surface area contributed by atoms with Crippen molar-refractivity contribution < 1.29 is 0 Å². The number of benzene rings is 1. The van der Waals surface area contributed by atoms with Crippen molar-refractivity contribution in [3.63, 3.8) is 0 Å². The number of hydrogen-bond acceptors (Lipinski definition) is 3. The Balaban J connectivity index is 2.36. The number of thiophene rings is 1. The molecule has 0 aliphatic rings. The molecule has 3 N–H and O–H groups in total. The summed E-state index contributed by atoms with van der Waals surface area (Å²) in [5.41, 5.74) is 5.07. The van der Waals surface area contributed by atoms with E-state index in [-0.39, 0.29) is 0 Å². The number of nitrogen functional groups attached to an aromatic ring is 1. The number of nitrogens with two attached hydrogens (primary N) is 1. The summed E-state index contributed by atoms with van der Waals surface area (Å²) >= 11 is 1.61. The maximum atomic E-state index is 5.30. The molecule has 0 atom stereocenters. The van der Waals surface area contributed by atoms with Crippen molar-refractivity contribution in [2.75, 3.05) is 5.43 Å². The summed E-state index contributed by atoms with van der Waals surface area (Å²) in [6.07, 6.45) is 0. The highest BCUT2D eigenvalue weighted by Crippen LogP contribution is 2.27. The molecule has 1 aromatic carbocycles. The van der Waals surface area contributed by atoms with Crippen LogP contribution in [0.1, 0.15) is 0 Å². The molecule has 2 nitrogen and oxygen atoms in total. The fourth-order valence-corrected chi connectivity index (χ4v) is 1.92. The Kier molecular flexibility index (Phi) is 2.29. The maximum Gasteiger partial charge on any atom is 0.103 e. The lowest BCUT2D eigenvalue weighted by atomic mass is 10.1. The fourth-order valence-electron chi connectivity index (χ4n) is 1.19. The summed E-state index contributed by atoms with van der Waals surface area (Å²) in [7, 11) is 0. The maximum absolute atomic E-state index is 5.30. The van der Waals surface area contributed by atoms with Crippen molar-refractivity contribution in [1.29, 1.82) is 0 Å². The molecule has 2 rings (SSSR count). The van der Waals surface area contributed by atoms with Crippen LogP contribution < -0.4 is 11.3 Å². The molecule has 1 heterocycles. The van der Waals surface area contributed by atoms with Crippen LogP contribution in [0.3, 0.4) is 0 Å². The van der Waals surface area contributed by atoms with E-state index in [4.69, 9.17) is 5.84 Å². The summed E-state index contributed by atoms with van der Waals surface area (Å²) in [4.78, 5) is 0. The minimum atomic E-state index is 0.985. The van der Waals surface area contributed by atoms with Gasteiger partial charge in [-0.3, -0.25) is 0 Å². The van der Waals surface area contributed by atoms with Crippen LogP contribution in [0.15, 0.2) is 41.8 Å². The molecular formula is C10H10N2S. The highest BCUT2D eigenvalue weighted by atomic mass is 32.1. The number of rotatable bonds is 2. The molecule has 0 radical (unpaired) electrons. The molecule has 0 aliphatic heterocycles. The SMILES string of the molecule is NNc1cc(-c2ccccc2)cs1. The summed E-state index contributed by atoms with van der Waals surface area (Å²) in [6, 6.07) is 12.3. The van der Waals surface area contributed by atoms with Crippen LogP contribution in [0, 0.1) is 0 Å². The lowest BCUT2D eigenvalue weighted by Crippen LogP contribution is -2.04. The first-order valence-electron chi connectivity index (χ1n) is 4.01. The molecule has 2 aromatic rings. The summed E-state index contributed by atoms with van der Waals surface area (Å²) in [5, 5.41) is 3.07. The van der Waals surface area contributed by atoms with Crippen molar-refractivity contribution in [3.8, 4) is 11.1 Å². The first-order valence-corrected chi connectivity index (χ1v) is 4.88. The second kappa shape index (κ2) is 3.60. The third-order valence-corrected chi connectivity index (χ3v) is 2.71. The molecule has 0 unspecified atom stereocenters. The number of hydrogen-bond donors (Lipinski definition) is 2. The average molecular weight is 190 g/mol. The molecule has 0 spiro atoms. The normalized spacial score (nSPS) is 9.92. The van der Waals surface area contributed by atoms with E-state index < -0.39 is 0 Å². The molecule has 0 fully saturated rings. The van der Waals surface area contributed by atoms with Crippen molar-refractivity contribution in [1.82, 2.24) is 0 Å². The van der Waals surface area contributed by atoms with Crippen molar-refractivity contribution in [2.45, 2.75) is 0 Å². The minimum Gasteiger partial charge on any atom is -0.315 e. The van der Waals surface area contributed by atoms with Gasteiger partial charge in [0.1, 0.15) is 5.00 Å². The van der Waals surface area contributed by atoms with E-state index in [2.05, 4.69) is 22.9 Å². The van der Waals surface area contributed by atoms with Crippen molar-refractivity contribution >= 4 is 16.3 Å². The van der Waals surface area contributed by atoms with Gasteiger partial charge in [-0.15, -0.1) is 11.3 Å². The Labute approximate surface area is 81.0 Å². The van der Waals surface area contributed by atoms with Gasteiger partial charge in [0.2, 0.25) is 0 Å².